The van der Waals surface area contributed by atoms with E-state index in [1.165, 1.54) is 11.8 Å². The number of rotatable bonds is 4. The van der Waals surface area contributed by atoms with Crippen molar-refractivity contribution in [1.29, 1.82) is 0 Å². The van der Waals surface area contributed by atoms with Gasteiger partial charge in [0.05, 0.1) is 5.92 Å². The Hall–Kier alpha value is -1.83. The van der Waals surface area contributed by atoms with Gasteiger partial charge in [0.1, 0.15) is 5.03 Å². The maximum absolute atomic E-state index is 11.3. The van der Waals surface area contributed by atoms with E-state index in [2.05, 4.69) is 15.3 Å². The minimum Gasteiger partial charge on any atom is -0.481 e. The molecule has 2 heterocycles. The third-order valence-corrected chi connectivity index (χ3v) is 3.33. The summed E-state index contributed by atoms with van der Waals surface area (Å²) in [6, 6.07) is 3.35. The van der Waals surface area contributed by atoms with Crippen LogP contribution in [0.15, 0.2) is 22.0 Å². The topological polar surface area (TPSA) is 100 Å². The number of carbonyl (C=O) groups is 1. The van der Waals surface area contributed by atoms with Crippen molar-refractivity contribution in [2.24, 2.45) is 5.92 Å². The maximum atomic E-state index is 11.3. The molecule has 7 nitrogen and oxygen atoms in total. The Morgan fingerprint density at radius 1 is 1.65 bits per heavy atom. The van der Waals surface area contributed by atoms with Gasteiger partial charge in [-0.3, -0.25) is 4.79 Å². The number of aromatic nitrogens is 4. The molecule has 0 fully saturated rings. The Kier molecular flexibility index (Phi) is 3.14. The number of H-pyrrole nitrogens is 1. The third kappa shape index (κ3) is 2.47. The highest BCUT2D eigenvalue weighted by molar-refractivity contribution is 7.99. The molecule has 0 bridgehead atoms. The van der Waals surface area contributed by atoms with Crippen LogP contribution in [0.3, 0.4) is 0 Å². The molecule has 2 aromatic heterocycles. The SMILES string of the molecule is CC(CSc1ccc2n[nH]c(=O)n2n1)C(=O)O. The van der Waals surface area contributed by atoms with Gasteiger partial charge in [-0.25, -0.2) is 9.89 Å². The standard InChI is InChI=1S/C9H10N4O3S/c1-5(8(14)15)4-17-7-3-2-6-10-11-9(16)13(6)12-7/h2-3,5H,4H2,1H3,(H,11,16)(H,14,15). The van der Waals surface area contributed by atoms with Crippen LogP contribution in [0.2, 0.25) is 0 Å². The molecule has 1 unspecified atom stereocenters. The van der Waals surface area contributed by atoms with Crippen LogP contribution in [-0.2, 0) is 4.79 Å². The second-order valence-electron chi connectivity index (χ2n) is 3.52. The van der Waals surface area contributed by atoms with E-state index in [0.29, 0.717) is 16.4 Å². The Morgan fingerprint density at radius 2 is 2.41 bits per heavy atom. The minimum atomic E-state index is -0.848. The molecular formula is C9H10N4O3S. The van der Waals surface area contributed by atoms with E-state index in [4.69, 9.17) is 5.11 Å². The molecule has 0 saturated carbocycles. The molecule has 2 rings (SSSR count). The largest absolute Gasteiger partial charge is 0.481 e. The number of thioether (sulfide) groups is 1. The molecule has 2 aromatic rings. The molecule has 8 heteroatoms. The molecule has 0 radical (unpaired) electrons. The summed E-state index contributed by atoms with van der Waals surface area (Å²) in [4.78, 5) is 21.9. The van der Waals surface area contributed by atoms with Crippen LogP contribution in [0.25, 0.3) is 5.65 Å². The van der Waals surface area contributed by atoms with Crippen molar-refractivity contribution in [2.45, 2.75) is 11.9 Å². The summed E-state index contributed by atoms with van der Waals surface area (Å²) in [5.74, 6) is -0.905. The summed E-state index contributed by atoms with van der Waals surface area (Å²) in [7, 11) is 0. The Morgan fingerprint density at radius 3 is 3.12 bits per heavy atom. The van der Waals surface area contributed by atoms with Gasteiger partial charge in [-0.05, 0) is 12.1 Å². The van der Waals surface area contributed by atoms with Crippen molar-refractivity contribution in [1.82, 2.24) is 19.8 Å². The average Bonchev–Trinajstić information content (AvgIpc) is 2.68. The van der Waals surface area contributed by atoms with Gasteiger partial charge in [-0.1, -0.05) is 6.92 Å². The zero-order valence-electron chi connectivity index (χ0n) is 8.95. The molecule has 1 atom stereocenters. The van der Waals surface area contributed by atoms with Gasteiger partial charge in [0.15, 0.2) is 5.65 Å². The lowest BCUT2D eigenvalue weighted by Crippen LogP contribution is -2.14. The molecule has 17 heavy (non-hydrogen) atoms. The lowest BCUT2D eigenvalue weighted by molar-refractivity contribution is -0.140. The number of carboxylic acids is 1. The van der Waals surface area contributed by atoms with Gasteiger partial charge in [0.2, 0.25) is 0 Å². The molecule has 0 spiro atoms. The molecule has 90 valence electrons. The monoisotopic (exact) mass is 254 g/mol. The van der Waals surface area contributed by atoms with E-state index in [1.807, 2.05) is 0 Å². The van der Waals surface area contributed by atoms with Crippen LogP contribution in [0.5, 0.6) is 0 Å². The second kappa shape index (κ2) is 4.58. The summed E-state index contributed by atoms with van der Waals surface area (Å²) in [5.41, 5.74) is 0.0272. The number of carboxylic acid groups (broad SMARTS) is 1. The predicted molar refractivity (Wildman–Crippen MR) is 61.1 cm³/mol. The van der Waals surface area contributed by atoms with E-state index in [-0.39, 0.29) is 0 Å². The molecule has 0 saturated heterocycles. The third-order valence-electron chi connectivity index (χ3n) is 2.15. The second-order valence-corrected chi connectivity index (χ2v) is 4.56. The van der Waals surface area contributed by atoms with Crippen molar-refractivity contribution in [3.8, 4) is 0 Å². The molecule has 0 amide bonds. The van der Waals surface area contributed by atoms with Crippen molar-refractivity contribution < 1.29 is 9.90 Å². The summed E-state index contributed by atoms with van der Waals surface area (Å²) in [6.07, 6.45) is 0. The van der Waals surface area contributed by atoms with Crippen LogP contribution in [-0.4, -0.2) is 36.6 Å². The van der Waals surface area contributed by atoms with Gasteiger partial charge in [-0.15, -0.1) is 11.8 Å². The van der Waals surface area contributed by atoms with Gasteiger partial charge < -0.3 is 5.11 Å². The van der Waals surface area contributed by atoms with Crippen molar-refractivity contribution in [3.05, 3.63) is 22.6 Å². The van der Waals surface area contributed by atoms with Crippen LogP contribution in [0.4, 0.5) is 0 Å². The number of hydrogen-bond acceptors (Lipinski definition) is 5. The highest BCUT2D eigenvalue weighted by Gasteiger charge is 2.12. The van der Waals surface area contributed by atoms with Gasteiger partial charge in [0.25, 0.3) is 0 Å². The zero-order valence-corrected chi connectivity index (χ0v) is 9.77. The first kappa shape index (κ1) is 11.6. The van der Waals surface area contributed by atoms with E-state index >= 15 is 0 Å². The minimum absolute atomic E-state index is 0.403. The number of nitrogens with zero attached hydrogens (tertiary/aromatic N) is 3. The number of aliphatic carboxylic acids is 1. The van der Waals surface area contributed by atoms with Gasteiger partial charge in [-0.2, -0.15) is 14.7 Å². The van der Waals surface area contributed by atoms with E-state index in [0.717, 1.165) is 4.52 Å². The average molecular weight is 254 g/mol. The Labute approximate surface area is 99.8 Å². The summed E-state index contributed by atoms with van der Waals surface area (Å²) in [5, 5.41) is 19.4. The van der Waals surface area contributed by atoms with E-state index in [9.17, 15) is 9.59 Å². The molecular weight excluding hydrogens is 244 g/mol. The predicted octanol–water partition coefficient (Wildman–Crippen LogP) is 0.230. The fourth-order valence-electron chi connectivity index (χ4n) is 1.14. The Bertz CT molecular complexity index is 606. The van der Waals surface area contributed by atoms with Gasteiger partial charge >= 0.3 is 11.7 Å². The van der Waals surface area contributed by atoms with Gasteiger partial charge in [0, 0.05) is 5.75 Å². The lowest BCUT2D eigenvalue weighted by atomic mass is 10.2. The molecule has 0 aliphatic carbocycles. The Balaban J connectivity index is 2.16. The summed E-state index contributed by atoms with van der Waals surface area (Å²) < 4.78 is 1.15. The first-order valence-corrected chi connectivity index (χ1v) is 5.86. The summed E-state index contributed by atoms with van der Waals surface area (Å²) in [6.45, 7) is 1.62. The van der Waals surface area contributed by atoms with Crippen LogP contribution < -0.4 is 5.69 Å². The highest BCUT2D eigenvalue weighted by Crippen LogP contribution is 2.18. The quantitative estimate of drug-likeness (QED) is 0.757. The molecule has 0 aliphatic heterocycles. The zero-order chi connectivity index (χ0) is 12.4. The first-order chi connectivity index (χ1) is 8.08. The van der Waals surface area contributed by atoms with Crippen LogP contribution >= 0.6 is 11.8 Å². The molecule has 2 N–H and O–H groups in total. The molecule has 0 aliphatic rings. The smallest absolute Gasteiger partial charge is 0.364 e. The van der Waals surface area contributed by atoms with Crippen molar-refractivity contribution >= 4 is 23.4 Å². The maximum Gasteiger partial charge on any atom is 0.364 e. The number of hydrogen-bond donors (Lipinski definition) is 2. The van der Waals surface area contributed by atoms with Crippen molar-refractivity contribution in [3.63, 3.8) is 0 Å². The first-order valence-electron chi connectivity index (χ1n) is 4.88. The van der Waals surface area contributed by atoms with E-state index in [1.54, 1.807) is 19.1 Å². The lowest BCUT2D eigenvalue weighted by Gasteiger charge is -2.04. The summed E-state index contributed by atoms with van der Waals surface area (Å²) >= 11 is 1.29. The normalized spacial score (nSPS) is 12.8. The van der Waals surface area contributed by atoms with Crippen molar-refractivity contribution in [2.75, 3.05) is 5.75 Å². The fourth-order valence-corrected chi connectivity index (χ4v) is 2.01. The molecule has 0 aromatic carbocycles. The van der Waals surface area contributed by atoms with Crippen LogP contribution in [0.1, 0.15) is 6.92 Å². The van der Waals surface area contributed by atoms with E-state index < -0.39 is 17.6 Å². The number of aromatic amines is 1. The van der Waals surface area contributed by atoms with Crippen LogP contribution in [0, 0.1) is 5.92 Å². The number of nitrogens with one attached hydrogen (secondary N) is 1. The fraction of sp³-hybridized carbons (Fsp3) is 0.333. The number of fused-ring (bicyclic) bond motifs is 1. The highest BCUT2D eigenvalue weighted by atomic mass is 32.2.